The summed E-state index contributed by atoms with van der Waals surface area (Å²) in [5, 5.41) is 20.5. The molecule has 1 aromatic carbocycles. The second-order valence-electron chi connectivity index (χ2n) is 5.60. The van der Waals surface area contributed by atoms with Gasteiger partial charge in [-0.1, -0.05) is 13.0 Å². The molecule has 2 rings (SSSR count). The zero-order valence-electron chi connectivity index (χ0n) is 12.5. The molecule has 6 nitrogen and oxygen atoms in total. The summed E-state index contributed by atoms with van der Waals surface area (Å²) in [6.45, 7) is 3.91. The van der Waals surface area contributed by atoms with Gasteiger partial charge in [-0.2, -0.15) is 0 Å². The van der Waals surface area contributed by atoms with Gasteiger partial charge in [-0.05, 0) is 36.9 Å². The van der Waals surface area contributed by atoms with E-state index in [1.54, 1.807) is 12.1 Å². The SMILES string of the molecule is COc1cc(CN2CCCC(C)C2CO)ccc1[N+](=O)[O-]. The van der Waals surface area contributed by atoms with Crippen LogP contribution >= 0.6 is 0 Å². The molecule has 1 N–H and O–H groups in total. The summed E-state index contributed by atoms with van der Waals surface area (Å²) in [5.74, 6) is 0.742. The molecule has 116 valence electrons. The molecule has 0 radical (unpaired) electrons. The van der Waals surface area contributed by atoms with Crippen LogP contribution in [-0.2, 0) is 6.54 Å². The number of methoxy groups -OCH3 is 1. The fourth-order valence-electron chi connectivity index (χ4n) is 3.03. The van der Waals surface area contributed by atoms with Gasteiger partial charge in [0.15, 0.2) is 5.75 Å². The number of nitro benzene ring substituents is 1. The fourth-order valence-corrected chi connectivity index (χ4v) is 3.03. The van der Waals surface area contributed by atoms with Gasteiger partial charge in [0.2, 0.25) is 0 Å². The van der Waals surface area contributed by atoms with E-state index in [-0.39, 0.29) is 24.1 Å². The Bertz CT molecular complexity index is 506. The highest BCUT2D eigenvalue weighted by Crippen LogP contribution is 2.30. The molecule has 1 fully saturated rings. The quantitative estimate of drug-likeness (QED) is 0.665. The van der Waals surface area contributed by atoms with Crippen LogP contribution < -0.4 is 4.74 Å². The first-order valence-electron chi connectivity index (χ1n) is 7.23. The van der Waals surface area contributed by atoms with Crippen molar-refractivity contribution in [3.63, 3.8) is 0 Å². The number of hydrogen-bond acceptors (Lipinski definition) is 5. The largest absolute Gasteiger partial charge is 0.490 e. The summed E-state index contributed by atoms with van der Waals surface area (Å²) in [7, 11) is 1.44. The first-order chi connectivity index (χ1) is 10.1. The smallest absolute Gasteiger partial charge is 0.310 e. The predicted molar refractivity (Wildman–Crippen MR) is 79.3 cm³/mol. The summed E-state index contributed by atoms with van der Waals surface area (Å²) in [4.78, 5) is 12.7. The van der Waals surface area contributed by atoms with Crippen molar-refractivity contribution >= 4 is 5.69 Å². The lowest BCUT2D eigenvalue weighted by Gasteiger charge is -2.39. The number of aliphatic hydroxyl groups is 1. The molecule has 1 heterocycles. The molecule has 2 atom stereocenters. The second-order valence-corrected chi connectivity index (χ2v) is 5.60. The molecular formula is C15H22N2O4. The van der Waals surface area contributed by atoms with Crippen LogP contribution in [0.3, 0.4) is 0 Å². The third kappa shape index (κ3) is 3.51. The lowest BCUT2D eigenvalue weighted by Crippen LogP contribution is -2.45. The van der Waals surface area contributed by atoms with Crippen molar-refractivity contribution < 1.29 is 14.8 Å². The fraction of sp³-hybridized carbons (Fsp3) is 0.600. The molecule has 1 aliphatic heterocycles. The minimum Gasteiger partial charge on any atom is -0.490 e. The number of benzene rings is 1. The van der Waals surface area contributed by atoms with Gasteiger partial charge in [0.05, 0.1) is 18.6 Å². The molecule has 0 spiro atoms. The second kappa shape index (κ2) is 6.87. The molecule has 0 saturated carbocycles. The third-order valence-corrected chi connectivity index (χ3v) is 4.24. The number of hydrogen-bond donors (Lipinski definition) is 1. The van der Waals surface area contributed by atoms with Crippen LogP contribution in [0.5, 0.6) is 5.75 Å². The van der Waals surface area contributed by atoms with Crippen LogP contribution in [0.15, 0.2) is 18.2 Å². The van der Waals surface area contributed by atoms with Crippen LogP contribution in [-0.4, -0.2) is 41.2 Å². The van der Waals surface area contributed by atoms with E-state index in [1.807, 2.05) is 0 Å². The van der Waals surface area contributed by atoms with E-state index < -0.39 is 4.92 Å². The van der Waals surface area contributed by atoms with Crippen LogP contribution in [0, 0.1) is 16.0 Å². The Hall–Kier alpha value is -1.66. The monoisotopic (exact) mass is 294 g/mol. The van der Waals surface area contributed by atoms with E-state index in [9.17, 15) is 15.2 Å². The van der Waals surface area contributed by atoms with Crippen LogP contribution in [0.25, 0.3) is 0 Å². The van der Waals surface area contributed by atoms with E-state index in [1.165, 1.54) is 13.2 Å². The zero-order chi connectivity index (χ0) is 15.4. The molecule has 0 bridgehead atoms. The van der Waals surface area contributed by atoms with Gasteiger partial charge in [0.25, 0.3) is 0 Å². The number of rotatable bonds is 5. The van der Waals surface area contributed by atoms with Crippen molar-refractivity contribution in [2.45, 2.75) is 32.4 Å². The molecule has 1 aliphatic rings. The molecule has 2 unspecified atom stereocenters. The van der Waals surface area contributed by atoms with Crippen molar-refractivity contribution in [2.24, 2.45) is 5.92 Å². The van der Waals surface area contributed by atoms with Crippen molar-refractivity contribution in [3.8, 4) is 5.75 Å². The maximum absolute atomic E-state index is 10.9. The molecule has 1 saturated heterocycles. The van der Waals surface area contributed by atoms with Crippen LogP contribution in [0.2, 0.25) is 0 Å². The minimum atomic E-state index is -0.442. The number of ether oxygens (including phenoxy) is 1. The molecule has 1 aromatic rings. The standard InChI is InChI=1S/C15H22N2O4/c1-11-4-3-7-16(14(11)10-18)9-12-5-6-13(17(19)20)15(8-12)21-2/h5-6,8,11,14,18H,3-4,7,9-10H2,1-2H3. The number of nitrogens with zero attached hydrogens (tertiary/aromatic N) is 2. The lowest BCUT2D eigenvalue weighted by atomic mass is 9.91. The maximum atomic E-state index is 10.9. The maximum Gasteiger partial charge on any atom is 0.310 e. The normalized spacial score (nSPS) is 23.0. The summed E-state index contributed by atoms with van der Waals surface area (Å²) in [6.07, 6.45) is 2.24. The van der Waals surface area contributed by atoms with E-state index in [2.05, 4.69) is 11.8 Å². The lowest BCUT2D eigenvalue weighted by molar-refractivity contribution is -0.385. The van der Waals surface area contributed by atoms with E-state index in [4.69, 9.17) is 4.74 Å². The Morgan fingerprint density at radius 1 is 1.52 bits per heavy atom. The molecule has 21 heavy (non-hydrogen) atoms. The van der Waals surface area contributed by atoms with E-state index in [0.29, 0.717) is 12.5 Å². The van der Waals surface area contributed by atoms with Gasteiger partial charge in [0, 0.05) is 18.7 Å². The van der Waals surface area contributed by atoms with E-state index in [0.717, 1.165) is 24.9 Å². The Morgan fingerprint density at radius 3 is 2.90 bits per heavy atom. The number of nitro groups is 1. The summed E-state index contributed by atoms with van der Waals surface area (Å²) in [6, 6.07) is 5.11. The van der Waals surface area contributed by atoms with Crippen molar-refractivity contribution in [3.05, 3.63) is 33.9 Å². The number of likely N-dealkylation sites (tertiary alicyclic amines) is 1. The predicted octanol–water partition coefficient (Wildman–Crippen LogP) is 2.20. The Balaban J connectivity index is 2.17. The Labute approximate surface area is 124 Å². The van der Waals surface area contributed by atoms with Gasteiger partial charge in [0.1, 0.15) is 0 Å². The molecule has 0 aliphatic carbocycles. The van der Waals surface area contributed by atoms with Gasteiger partial charge in [-0.15, -0.1) is 0 Å². The molecular weight excluding hydrogens is 272 g/mol. The van der Waals surface area contributed by atoms with Crippen molar-refractivity contribution in [1.29, 1.82) is 0 Å². The Morgan fingerprint density at radius 2 is 2.29 bits per heavy atom. The van der Waals surface area contributed by atoms with Crippen LogP contribution in [0.4, 0.5) is 5.69 Å². The summed E-state index contributed by atoms with van der Waals surface area (Å²) < 4.78 is 5.10. The first kappa shape index (κ1) is 15.7. The highest BCUT2D eigenvalue weighted by molar-refractivity contribution is 5.48. The summed E-state index contributed by atoms with van der Waals surface area (Å²) >= 11 is 0. The van der Waals surface area contributed by atoms with Gasteiger partial charge in [-0.3, -0.25) is 15.0 Å². The van der Waals surface area contributed by atoms with Gasteiger partial charge >= 0.3 is 5.69 Å². The first-order valence-corrected chi connectivity index (χ1v) is 7.23. The Kier molecular flexibility index (Phi) is 5.14. The van der Waals surface area contributed by atoms with E-state index >= 15 is 0 Å². The minimum absolute atomic E-state index is 0.0213. The molecule has 6 heteroatoms. The average molecular weight is 294 g/mol. The van der Waals surface area contributed by atoms with Crippen LogP contribution in [0.1, 0.15) is 25.3 Å². The highest BCUT2D eigenvalue weighted by atomic mass is 16.6. The summed E-state index contributed by atoms with van der Waals surface area (Å²) in [5.41, 5.74) is 0.942. The number of piperidine rings is 1. The topological polar surface area (TPSA) is 75.8 Å². The van der Waals surface area contributed by atoms with Crippen molar-refractivity contribution in [1.82, 2.24) is 4.90 Å². The molecule has 0 amide bonds. The third-order valence-electron chi connectivity index (χ3n) is 4.24. The van der Waals surface area contributed by atoms with Gasteiger partial charge in [-0.25, -0.2) is 0 Å². The average Bonchev–Trinajstić information content (AvgIpc) is 2.47. The highest BCUT2D eigenvalue weighted by Gasteiger charge is 2.28. The zero-order valence-corrected chi connectivity index (χ0v) is 12.5. The molecule has 0 aromatic heterocycles. The van der Waals surface area contributed by atoms with Crippen molar-refractivity contribution in [2.75, 3.05) is 20.3 Å². The van der Waals surface area contributed by atoms with Gasteiger partial charge < -0.3 is 9.84 Å². The number of aliphatic hydroxyl groups excluding tert-OH is 1.